The van der Waals surface area contributed by atoms with E-state index in [9.17, 15) is 0 Å². The molecule has 20 heavy (non-hydrogen) atoms. The number of methoxy groups -OCH3 is 1. The van der Waals surface area contributed by atoms with E-state index in [0.717, 1.165) is 35.0 Å². The highest BCUT2D eigenvalue weighted by molar-refractivity contribution is 6.03. The molecule has 2 aromatic rings. The first kappa shape index (κ1) is 12.5. The summed E-state index contributed by atoms with van der Waals surface area (Å²) in [6.45, 7) is 0. The molecule has 1 heterocycles. The molecule has 0 amide bonds. The Morgan fingerprint density at radius 1 is 1.00 bits per heavy atom. The summed E-state index contributed by atoms with van der Waals surface area (Å²) in [6.07, 6.45) is 2.97. The summed E-state index contributed by atoms with van der Waals surface area (Å²) in [6, 6.07) is 18.1. The largest absolute Gasteiger partial charge is 0.497 e. The van der Waals surface area contributed by atoms with Gasteiger partial charge in [0, 0.05) is 12.1 Å². The minimum atomic E-state index is 0.830. The number of rotatable bonds is 3. The topological polar surface area (TPSA) is 33.6 Å². The highest BCUT2D eigenvalue weighted by atomic mass is 16.5. The lowest BCUT2D eigenvalue weighted by Gasteiger charge is -2.06. The maximum absolute atomic E-state index is 5.15. The summed E-state index contributed by atoms with van der Waals surface area (Å²) in [5, 5.41) is 3.33. The van der Waals surface area contributed by atoms with Crippen LogP contribution >= 0.6 is 0 Å². The van der Waals surface area contributed by atoms with Crippen LogP contribution in [-0.2, 0) is 0 Å². The molecular weight excluding hydrogens is 248 g/mol. The van der Waals surface area contributed by atoms with E-state index < -0.39 is 0 Å². The molecule has 1 aliphatic rings. The zero-order valence-electron chi connectivity index (χ0n) is 11.3. The Morgan fingerprint density at radius 2 is 1.75 bits per heavy atom. The van der Waals surface area contributed by atoms with E-state index in [-0.39, 0.29) is 0 Å². The average Bonchev–Trinajstić information content (AvgIpc) is 2.97. The molecule has 0 radical (unpaired) electrons. The molecular formula is C17H16N2O. The molecule has 0 unspecified atom stereocenters. The van der Waals surface area contributed by atoms with Crippen molar-refractivity contribution in [2.24, 2.45) is 4.99 Å². The number of ether oxygens (including phenoxy) is 1. The minimum Gasteiger partial charge on any atom is -0.497 e. The van der Waals surface area contributed by atoms with Gasteiger partial charge in [-0.15, -0.1) is 0 Å². The maximum atomic E-state index is 5.15. The van der Waals surface area contributed by atoms with Gasteiger partial charge in [-0.05, 0) is 29.8 Å². The average molecular weight is 264 g/mol. The van der Waals surface area contributed by atoms with Crippen molar-refractivity contribution in [1.29, 1.82) is 0 Å². The number of hydrogen-bond acceptors (Lipinski definition) is 3. The van der Waals surface area contributed by atoms with Crippen LogP contribution in [0.5, 0.6) is 5.75 Å². The molecule has 3 heteroatoms. The molecule has 100 valence electrons. The van der Waals surface area contributed by atoms with Gasteiger partial charge in [0.2, 0.25) is 0 Å². The molecule has 3 rings (SSSR count). The van der Waals surface area contributed by atoms with Gasteiger partial charge in [0.1, 0.15) is 11.6 Å². The van der Waals surface area contributed by atoms with Crippen LogP contribution in [-0.4, -0.2) is 12.9 Å². The lowest BCUT2D eigenvalue weighted by atomic mass is 10.1. The minimum absolute atomic E-state index is 0.830. The zero-order valence-corrected chi connectivity index (χ0v) is 11.3. The first-order valence-electron chi connectivity index (χ1n) is 6.59. The predicted molar refractivity (Wildman–Crippen MR) is 83.1 cm³/mol. The van der Waals surface area contributed by atoms with E-state index in [1.807, 2.05) is 42.5 Å². The Bertz CT molecular complexity index is 642. The van der Waals surface area contributed by atoms with Crippen molar-refractivity contribution in [3.63, 3.8) is 0 Å². The highest BCUT2D eigenvalue weighted by Gasteiger charge is 2.10. The van der Waals surface area contributed by atoms with Gasteiger partial charge in [-0.2, -0.15) is 0 Å². The SMILES string of the molecule is COc1ccc(NC2=NC(c3ccccc3)=CC2)cc1. The molecule has 2 aromatic carbocycles. The molecule has 0 spiro atoms. The molecule has 1 N–H and O–H groups in total. The van der Waals surface area contributed by atoms with Gasteiger partial charge in [-0.25, -0.2) is 4.99 Å². The zero-order chi connectivity index (χ0) is 13.8. The smallest absolute Gasteiger partial charge is 0.119 e. The number of nitrogens with zero attached hydrogens (tertiary/aromatic N) is 1. The van der Waals surface area contributed by atoms with Crippen LogP contribution in [0.3, 0.4) is 0 Å². The Labute approximate surface area is 118 Å². The van der Waals surface area contributed by atoms with Gasteiger partial charge in [0.25, 0.3) is 0 Å². The maximum Gasteiger partial charge on any atom is 0.119 e. The van der Waals surface area contributed by atoms with Gasteiger partial charge < -0.3 is 10.1 Å². The number of hydrogen-bond donors (Lipinski definition) is 1. The standard InChI is InChI=1S/C17H16N2O/c1-20-15-9-7-14(8-10-15)18-17-12-11-16(19-17)13-5-3-2-4-6-13/h2-11H,12H2,1H3,(H,18,19). The third-order valence-electron chi connectivity index (χ3n) is 3.19. The summed E-state index contributed by atoms with van der Waals surface area (Å²) in [5.74, 6) is 1.82. The molecule has 0 atom stereocenters. The summed E-state index contributed by atoms with van der Waals surface area (Å²) >= 11 is 0. The first-order valence-corrected chi connectivity index (χ1v) is 6.59. The predicted octanol–water partition coefficient (Wildman–Crippen LogP) is 3.95. The van der Waals surface area contributed by atoms with Gasteiger partial charge in [-0.3, -0.25) is 0 Å². The molecule has 0 aliphatic carbocycles. The second-order valence-electron chi connectivity index (χ2n) is 4.57. The Hall–Kier alpha value is -2.55. The molecule has 0 saturated carbocycles. The van der Waals surface area contributed by atoms with Crippen LogP contribution < -0.4 is 10.1 Å². The summed E-state index contributed by atoms with van der Waals surface area (Å²) in [7, 11) is 1.67. The van der Waals surface area contributed by atoms with E-state index in [1.54, 1.807) is 7.11 Å². The van der Waals surface area contributed by atoms with E-state index in [0.29, 0.717) is 0 Å². The van der Waals surface area contributed by atoms with E-state index in [4.69, 9.17) is 4.74 Å². The van der Waals surface area contributed by atoms with Crippen LogP contribution in [0.15, 0.2) is 65.7 Å². The fourth-order valence-corrected chi connectivity index (χ4v) is 2.14. The second-order valence-corrected chi connectivity index (χ2v) is 4.57. The lowest BCUT2D eigenvalue weighted by molar-refractivity contribution is 0.415. The molecule has 0 bridgehead atoms. The normalized spacial score (nSPS) is 13.7. The number of amidine groups is 1. The van der Waals surface area contributed by atoms with Crippen LogP contribution in [0.4, 0.5) is 5.69 Å². The van der Waals surface area contributed by atoms with Gasteiger partial charge in [-0.1, -0.05) is 36.4 Å². The van der Waals surface area contributed by atoms with E-state index >= 15 is 0 Å². The van der Waals surface area contributed by atoms with Gasteiger partial charge in [0.15, 0.2) is 0 Å². The quantitative estimate of drug-likeness (QED) is 0.910. The molecule has 0 saturated heterocycles. The fourth-order valence-electron chi connectivity index (χ4n) is 2.14. The number of nitrogens with one attached hydrogen (secondary N) is 1. The monoisotopic (exact) mass is 264 g/mol. The molecule has 3 nitrogen and oxygen atoms in total. The van der Waals surface area contributed by atoms with Gasteiger partial charge in [0.05, 0.1) is 12.8 Å². The van der Waals surface area contributed by atoms with Crippen molar-refractivity contribution in [2.45, 2.75) is 6.42 Å². The molecule has 1 aliphatic heterocycles. The number of anilines is 1. The van der Waals surface area contributed by atoms with Crippen molar-refractivity contribution in [3.8, 4) is 5.75 Å². The Kier molecular flexibility index (Phi) is 3.50. The summed E-state index contributed by atoms with van der Waals surface area (Å²) in [4.78, 5) is 4.63. The second kappa shape index (κ2) is 5.61. The third kappa shape index (κ3) is 2.72. The van der Waals surface area contributed by atoms with Crippen molar-refractivity contribution < 1.29 is 4.74 Å². The summed E-state index contributed by atoms with van der Waals surface area (Å²) < 4.78 is 5.15. The fraction of sp³-hybridized carbons (Fsp3) is 0.118. The van der Waals surface area contributed by atoms with E-state index in [2.05, 4.69) is 28.5 Å². The Morgan fingerprint density at radius 3 is 2.45 bits per heavy atom. The van der Waals surface area contributed by atoms with Crippen molar-refractivity contribution in [3.05, 3.63) is 66.2 Å². The summed E-state index contributed by atoms with van der Waals surface area (Å²) in [5.41, 5.74) is 3.20. The molecule has 0 aromatic heterocycles. The highest BCUT2D eigenvalue weighted by Crippen LogP contribution is 2.23. The number of benzene rings is 2. The lowest BCUT2D eigenvalue weighted by Crippen LogP contribution is -2.08. The van der Waals surface area contributed by atoms with Crippen molar-refractivity contribution in [1.82, 2.24) is 0 Å². The third-order valence-corrected chi connectivity index (χ3v) is 3.19. The Balaban J connectivity index is 1.71. The van der Waals surface area contributed by atoms with E-state index in [1.165, 1.54) is 0 Å². The van der Waals surface area contributed by atoms with Crippen LogP contribution in [0, 0.1) is 0 Å². The molecule has 0 fully saturated rings. The van der Waals surface area contributed by atoms with Gasteiger partial charge >= 0.3 is 0 Å². The number of aliphatic imine (C=N–C) groups is 1. The van der Waals surface area contributed by atoms with Crippen molar-refractivity contribution in [2.75, 3.05) is 12.4 Å². The first-order chi connectivity index (χ1) is 9.85. The van der Waals surface area contributed by atoms with Crippen LogP contribution in [0.1, 0.15) is 12.0 Å². The van der Waals surface area contributed by atoms with Crippen LogP contribution in [0.25, 0.3) is 5.70 Å². The van der Waals surface area contributed by atoms with Crippen LogP contribution in [0.2, 0.25) is 0 Å². The van der Waals surface area contributed by atoms with Crippen molar-refractivity contribution >= 4 is 17.2 Å².